The molecule has 0 bridgehead atoms. The first kappa shape index (κ1) is 14.4. The zero-order valence-electron chi connectivity index (χ0n) is 10.7. The zero-order chi connectivity index (χ0) is 12.5. The van der Waals surface area contributed by atoms with E-state index in [1.54, 1.807) is 0 Å². The van der Waals surface area contributed by atoms with Gasteiger partial charge < -0.3 is 9.47 Å². The van der Waals surface area contributed by atoms with Crippen molar-refractivity contribution in [2.24, 2.45) is 0 Å². The third-order valence-corrected chi connectivity index (χ3v) is 2.97. The van der Waals surface area contributed by atoms with E-state index in [1.165, 1.54) is 5.56 Å². The molecule has 1 unspecified atom stereocenters. The van der Waals surface area contributed by atoms with Crippen molar-refractivity contribution in [3.05, 3.63) is 29.8 Å². The van der Waals surface area contributed by atoms with Crippen LogP contribution in [0.15, 0.2) is 24.3 Å². The van der Waals surface area contributed by atoms with Gasteiger partial charge in [0.05, 0.1) is 13.2 Å². The highest BCUT2D eigenvalue weighted by molar-refractivity contribution is 7.80. The molecule has 1 rings (SSSR count). The maximum atomic E-state index is 5.76. The fourth-order valence-electron chi connectivity index (χ4n) is 1.62. The van der Waals surface area contributed by atoms with E-state index in [9.17, 15) is 0 Å². The first-order chi connectivity index (χ1) is 8.29. The second-order valence-electron chi connectivity index (χ2n) is 4.03. The molecule has 1 aromatic carbocycles. The molecule has 17 heavy (non-hydrogen) atoms. The van der Waals surface area contributed by atoms with E-state index >= 15 is 0 Å². The summed E-state index contributed by atoms with van der Waals surface area (Å²) in [7, 11) is 0. The van der Waals surface area contributed by atoms with Gasteiger partial charge in [0.2, 0.25) is 0 Å². The minimum atomic E-state index is 0.532. The molecule has 0 fully saturated rings. The van der Waals surface area contributed by atoms with Gasteiger partial charge in [0.15, 0.2) is 0 Å². The Hall–Kier alpha value is -0.670. The summed E-state index contributed by atoms with van der Waals surface area (Å²) in [5.74, 6) is 2.27. The van der Waals surface area contributed by atoms with Crippen molar-refractivity contribution in [1.29, 1.82) is 0 Å². The number of ether oxygens (including phenoxy) is 2. The molecule has 0 spiro atoms. The molecule has 0 saturated carbocycles. The van der Waals surface area contributed by atoms with Crippen molar-refractivity contribution in [3.63, 3.8) is 0 Å². The van der Waals surface area contributed by atoms with Gasteiger partial charge in [-0.1, -0.05) is 32.0 Å². The molecule has 0 aliphatic heterocycles. The van der Waals surface area contributed by atoms with E-state index in [0.717, 1.165) is 17.9 Å². The molecule has 0 amide bonds. The van der Waals surface area contributed by atoms with Crippen molar-refractivity contribution in [2.75, 3.05) is 25.6 Å². The predicted octanol–water partition coefficient (Wildman–Crippen LogP) is 3.53. The van der Waals surface area contributed by atoms with E-state index in [2.05, 4.69) is 38.6 Å². The minimum absolute atomic E-state index is 0.532. The van der Waals surface area contributed by atoms with E-state index in [0.29, 0.717) is 25.7 Å². The molecular formula is C14H22O2S. The summed E-state index contributed by atoms with van der Waals surface area (Å²) in [5, 5.41) is 0. The Morgan fingerprint density at radius 2 is 1.94 bits per heavy atom. The van der Waals surface area contributed by atoms with Crippen LogP contribution in [0.1, 0.15) is 31.7 Å². The first-order valence-electron chi connectivity index (χ1n) is 6.20. The van der Waals surface area contributed by atoms with Gasteiger partial charge in [0, 0.05) is 5.75 Å². The van der Waals surface area contributed by atoms with Crippen LogP contribution in [-0.4, -0.2) is 25.6 Å². The molecule has 0 aromatic heterocycles. The maximum absolute atomic E-state index is 5.76. The third-order valence-electron chi connectivity index (χ3n) is 2.78. The average Bonchev–Trinajstić information content (AvgIpc) is 2.38. The number of hydrogen-bond acceptors (Lipinski definition) is 3. The van der Waals surface area contributed by atoms with E-state index in [-0.39, 0.29) is 0 Å². The van der Waals surface area contributed by atoms with Crippen molar-refractivity contribution in [2.45, 2.75) is 26.2 Å². The quantitative estimate of drug-likeness (QED) is 0.565. The average molecular weight is 254 g/mol. The molecule has 3 heteroatoms. The SMILES string of the molecule is CCC(C)c1ccccc1OCCOCCS. The van der Waals surface area contributed by atoms with E-state index in [1.807, 2.05) is 12.1 Å². The van der Waals surface area contributed by atoms with Crippen LogP contribution < -0.4 is 4.74 Å². The summed E-state index contributed by atoms with van der Waals surface area (Å²) in [4.78, 5) is 0. The van der Waals surface area contributed by atoms with Crippen LogP contribution in [0, 0.1) is 0 Å². The highest BCUT2D eigenvalue weighted by Gasteiger charge is 2.08. The Bertz CT molecular complexity index is 315. The van der Waals surface area contributed by atoms with Gasteiger partial charge in [-0.3, -0.25) is 0 Å². The largest absolute Gasteiger partial charge is 0.491 e. The lowest BCUT2D eigenvalue weighted by Crippen LogP contribution is -2.09. The van der Waals surface area contributed by atoms with Crippen LogP contribution in [0.2, 0.25) is 0 Å². The molecule has 0 N–H and O–H groups in total. The fraction of sp³-hybridized carbons (Fsp3) is 0.571. The molecule has 96 valence electrons. The van der Waals surface area contributed by atoms with Crippen LogP contribution in [0.5, 0.6) is 5.75 Å². The molecule has 1 atom stereocenters. The summed E-state index contributed by atoms with van der Waals surface area (Å²) in [6.07, 6.45) is 1.12. The van der Waals surface area contributed by atoms with Gasteiger partial charge in [-0.15, -0.1) is 0 Å². The smallest absolute Gasteiger partial charge is 0.122 e. The number of thiol groups is 1. The normalized spacial score (nSPS) is 12.4. The predicted molar refractivity (Wildman–Crippen MR) is 75.3 cm³/mol. The maximum Gasteiger partial charge on any atom is 0.122 e. The highest BCUT2D eigenvalue weighted by Crippen LogP contribution is 2.28. The van der Waals surface area contributed by atoms with Gasteiger partial charge in [-0.05, 0) is 24.0 Å². The van der Waals surface area contributed by atoms with Crippen molar-refractivity contribution in [3.8, 4) is 5.75 Å². The monoisotopic (exact) mass is 254 g/mol. The van der Waals surface area contributed by atoms with Crippen molar-refractivity contribution >= 4 is 12.6 Å². The lowest BCUT2D eigenvalue weighted by molar-refractivity contribution is 0.111. The topological polar surface area (TPSA) is 18.5 Å². The Kier molecular flexibility index (Phi) is 7.13. The second kappa shape index (κ2) is 8.43. The summed E-state index contributed by atoms with van der Waals surface area (Å²) in [5.41, 5.74) is 1.28. The molecule has 0 aliphatic carbocycles. The number of rotatable bonds is 8. The standard InChI is InChI=1S/C14H22O2S/c1-3-12(2)13-6-4-5-7-14(13)16-9-8-15-10-11-17/h4-7,12,17H,3,8-11H2,1-2H3. The van der Waals surface area contributed by atoms with Crippen LogP contribution in [-0.2, 0) is 4.74 Å². The Balaban J connectivity index is 2.46. The number of hydrogen-bond donors (Lipinski definition) is 1. The third kappa shape index (κ3) is 5.00. The summed E-state index contributed by atoms with van der Waals surface area (Å²) < 4.78 is 11.1. The highest BCUT2D eigenvalue weighted by atomic mass is 32.1. The molecule has 1 aromatic rings. The van der Waals surface area contributed by atoms with E-state index < -0.39 is 0 Å². The number of benzene rings is 1. The first-order valence-corrected chi connectivity index (χ1v) is 6.83. The van der Waals surface area contributed by atoms with E-state index in [4.69, 9.17) is 9.47 Å². The molecular weight excluding hydrogens is 232 g/mol. The summed E-state index contributed by atoms with van der Waals surface area (Å²) in [6, 6.07) is 8.24. The Morgan fingerprint density at radius 3 is 2.65 bits per heavy atom. The Labute approximate surface area is 110 Å². The van der Waals surface area contributed by atoms with Crippen LogP contribution in [0.25, 0.3) is 0 Å². The molecule has 2 nitrogen and oxygen atoms in total. The lowest BCUT2D eigenvalue weighted by Gasteiger charge is -2.15. The molecule has 0 aliphatic rings. The van der Waals surface area contributed by atoms with Gasteiger partial charge in [-0.2, -0.15) is 12.6 Å². The fourth-order valence-corrected chi connectivity index (χ4v) is 1.75. The molecule has 0 heterocycles. The van der Waals surface area contributed by atoms with Crippen LogP contribution in [0.4, 0.5) is 0 Å². The van der Waals surface area contributed by atoms with Crippen LogP contribution >= 0.6 is 12.6 Å². The van der Waals surface area contributed by atoms with Crippen molar-refractivity contribution < 1.29 is 9.47 Å². The zero-order valence-corrected chi connectivity index (χ0v) is 11.6. The van der Waals surface area contributed by atoms with Crippen molar-refractivity contribution in [1.82, 2.24) is 0 Å². The lowest BCUT2D eigenvalue weighted by atomic mass is 9.98. The van der Waals surface area contributed by atoms with Gasteiger partial charge in [0.1, 0.15) is 12.4 Å². The Morgan fingerprint density at radius 1 is 1.18 bits per heavy atom. The van der Waals surface area contributed by atoms with Gasteiger partial charge >= 0.3 is 0 Å². The number of para-hydroxylation sites is 1. The minimum Gasteiger partial charge on any atom is -0.491 e. The second-order valence-corrected chi connectivity index (χ2v) is 4.48. The van der Waals surface area contributed by atoms with Gasteiger partial charge in [0.25, 0.3) is 0 Å². The molecule has 0 saturated heterocycles. The van der Waals surface area contributed by atoms with Crippen LogP contribution in [0.3, 0.4) is 0 Å². The van der Waals surface area contributed by atoms with Gasteiger partial charge in [-0.25, -0.2) is 0 Å². The molecule has 0 radical (unpaired) electrons. The summed E-state index contributed by atoms with van der Waals surface area (Å²) in [6.45, 7) is 6.31. The summed E-state index contributed by atoms with van der Waals surface area (Å²) >= 11 is 4.08.